The lowest BCUT2D eigenvalue weighted by atomic mass is 10.4. The van der Waals surface area contributed by atoms with Gasteiger partial charge in [-0.3, -0.25) is 4.79 Å². The van der Waals surface area contributed by atoms with Gasteiger partial charge in [-0.2, -0.15) is 0 Å². The van der Waals surface area contributed by atoms with E-state index in [0.29, 0.717) is 19.7 Å². The largest absolute Gasteiger partial charge is 0.383 e. The molecular weight excluding hydrogens is 358 g/mol. The monoisotopic (exact) mass is 369 g/mol. The Kier molecular flexibility index (Phi) is 5.96. The van der Waals surface area contributed by atoms with E-state index in [9.17, 15) is 4.79 Å². The third kappa shape index (κ3) is 3.55. The first kappa shape index (κ1) is 14.2. The molecule has 0 saturated heterocycles. The Bertz CT molecular complexity index is 348. The molecular formula is C10H13Br2NO2S. The average molecular weight is 371 g/mol. The van der Waals surface area contributed by atoms with Crippen molar-refractivity contribution in [3.05, 3.63) is 19.2 Å². The summed E-state index contributed by atoms with van der Waals surface area (Å²) in [5.41, 5.74) is 0. The molecule has 0 N–H and O–H groups in total. The van der Waals surface area contributed by atoms with Crippen molar-refractivity contribution < 1.29 is 9.53 Å². The molecule has 0 saturated carbocycles. The van der Waals surface area contributed by atoms with E-state index in [0.717, 1.165) is 13.1 Å². The predicted molar refractivity (Wildman–Crippen MR) is 73.2 cm³/mol. The van der Waals surface area contributed by atoms with Gasteiger partial charge >= 0.3 is 0 Å². The van der Waals surface area contributed by atoms with E-state index in [2.05, 4.69) is 31.9 Å². The summed E-state index contributed by atoms with van der Waals surface area (Å²) in [6.45, 7) is 3.84. The highest BCUT2D eigenvalue weighted by Gasteiger charge is 2.17. The first-order valence-corrected chi connectivity index (χ1v) is 7.23. The van der Waals surface area contributed by atoms with Crippen LogP contribution in [0, 0.1) is 0 Å². The number of carbonyl (C=O) groups is 1. The number of halogens is 2. The third-order valence-electron chi connectivity index (χ3n) is 2.09. The van der Waals surface area contributed by atoms with Crippen LogP contribution in [0.5, 0.6) is 0 Å². The number of nitrogens with zero attached hydrogens (tertiary/aromatic N) is 1. The van der Waals surface area contributed by atoms with E-state index in [4.69, 9.17) is 4.74 Å². The molecule has 0 aliphatic carbocycles. The molecule has 0 aliphatic rings. The molecule has 3 nitrogen and oxygen atoms in total. The van der Waals surface area contributed by atoms with Crippen LogP contribution in [0.3, 0.4) is 0 Å². The fraction of sp³-hybridized carbons (Fsp3) is 0.500. The number of ether oxygens (including phenoxy) is 1. The Hall–Kier alpha value is 0.0900. The Morgan fingerprint density at radius 2 is 2.25 bits per heavy atom. The standard InChI is InChI=1S/C10H13Br2NO2S/c1-3-13(4-5-15-2)10(14)8-6-7(11)9(12)16-8/h6H,3-5H2,1-2H3. The van der Waals surface area contributed by atoms with Gasteiger partial charge in [0.05, 0.1) is 15.3 Å². The maximum Gasteiger partial charge on any atom is 0.264 e. The molecule has 1 heterocycles. The van der Waals surface area contributed by atoms with Crippen molar-refractivity contribution in [1.82, 2.24) is 4.90 Å². The maximum absolute atomic E-state index is 12.1. The molecule has 6 heteroatoms. The molecule has 0 fully saturated rings. The van der Waals surface area contributed by atoms with Gasteiger partial charge in [-0.25, -0.2) is 0 Å². The summed E-state index contributed by atoms with van der Waals surface area (Å²) in [6.07, 6.45) is 0. The van der Waals surface area contributed by atoms with Crippen LogP contribution in [0.15, 0.2) is 14.3 Å². The quantitative estimate of drug-likeness (QED) is 0.795. The number of hydrogen-bond donors (Lipinski definition) is 0. The number of amides is 1. The first-order valence-electron chi connectivity index (χ1n) is 4.83. The topological polar surface area (TPSA) is 29.5 Å². The maximum atomic E-state index is 12.1. The number of methoxy groups -OCH3 is 1. The fourth-order valence-corrected chi connectivity index (χ4v) is 3.22. The summed E-state index contributed by atoms with van der Waals surface area (Å²) in [4.78, 5) is 14.6. The van der Waals surface area contributed by atoms with Crippen LogP contribution < -0.4 is 0 Å². The van der Waals surface area contributed by atoms with E-state index in [1.807, 2.05) is 13.0 Å². The molecule has 90 valence electrons. The second-order valence-corrected chi connectivity index (χ2v) is 6.33. The zero-order chi connectivity index (χ0) is 12.1. The molecule has 1 aromatic heterocycles. The summed E-state index contributed by atoms with van der Waals surface area (Å²) in [5, 5.41) is 0. The van der Waals surface area contributed by atoms with Gasteiger partial charge in [-0.1, -0.05) is 0 Å². The lowest BCUT2D eigenvalue weighted by molar-refractivity contribution is 0.0711. The van der Waals surface area contributed by atoms with E-state index in [1.165, 1.54) is 11.3 Å². The van der Waals surface area contributed by atoms with E-state index >= 15 is 0 Å². The average Bonchev–Trinajstić information content (AvgIpc) is 2.60. The van der Waals surface area contributed by atoms with Gasteiger partial charge < -0.3 is 9.64 Å². The highest BCUT2D eigenvalue weighted by molar-refractivity contribution is 9.13. The van der Waals surface area contributed by atoms with Gasteiger partial charge in [0.15, 0.2) is 0 Å². The molecule has 1 rings (SSSR count). The van der Waals surface area contributed by atoms with Crippen LogP contribution in [0.25, 0.3) is 0 Å². The highest BCUT2D eigenvalue weighted by Crippen LogP contribution is 2.32. The Morgan fingerprint density at radius 1 is 1.56 bits per heavy atom. The smallest absolute Gasteiger partial charge is 0.264 e. The van der Waals surface area contributed by atoms with Crippen molar-refractivity contribution in [1.29, 1.82) is 0 Å². The van der Waals surface area contributed by atoms with Crippen LogP contribution in [0.2, 0.25) is 0 Å². The number of carbonyl (C=O) groups excluding carboxylic acids is 1. The zero-order valence-electron chi connectivity index (χ0n) is 9.13. The van der Waals surface area contributed by atoms with Crippen molar-refractivity contribution >= 4 is 49.1 Å². The molecule has 0 aromatic carbocycles. The fourth-order valence-electron chi connectivity index (χ4n) is 1.21. The van der Waals surface area contributed by atoms with E-state index in [-0.39, 0.29) is 5.91 Å². The summed E-state index contributed by atoms with van der Waals surface area (Å²) >= 11 is 8.20. The summed E-state index contributed by atoms with van der Waals surface area (Å²) in [5.74, 6) is 0.0518. The van der Waals surface area contributed by atoms with E-state index < -0.39 is 0 Å². The Morgan fingerprint density at radius 3 is 2.69 bits per heavy atom. The number of likely N-dealkylation sites (N-methyl/N-ethyl adjacent to an activating group) is 1. The molecule has 16 heavy (non-hydrogen) atoms. The van der Waals surface area contributed by atoms with Crippen molar-refractivity contribution in [2.24, 2.45) is 0 Å². The minimum Gasteiger partial charge on any atom is -0.383 e. The van der Waals surface area contributed by atoms with Crippen molar-refractivity contribution in [2.45, 2.75) is 6.92 Å². The number of rotatable bonds is 5. The van der Waals surface area contributed by atoms with Gasteiger partial charge in [0.25, 0.3) is 5.91 Å². The molecule has 1 aromatic rings. The summed E-state index contributed by atoms with van der Waals surface area (Å²) in [7, 11) is 1.64. The second kappa shape index (κ2) is 6.74. The summed E-state index contributed by atoms with van der Waals surface area (Å²) in [6, 6.07) is 1.84. The third-order valence-corrected chi connectivity index (χ3v) is 5.33. The zero-order valence-corrected chi connectivity index (χ0v) is 13.1. The molecule has 1 amide bonds. The predicted octanol–water partition coefficient (Wildman–Crippen LogP) is 3.38. The molecule has 0 atom stereocenters. The SMILES string of the molecule is CCN(CCOC)C(=O)c1cc(Br)c(Br)s1. The molecule has 0 bridgehead atoms. The Labute approximate surface area is 116 Å². The van der Waals surface area contributed by atoms with Gasteiger partial charge in [0.2, 0.25) is 0 Å². The molecule has 0 unspecified atom stereocenters. The molecule has 0 spiro atoms. The lowest BCUT2D eigenvalue weighted by Crippen LogP contribution is -2.33. The van der Waals surface area contributed by atoms with Crippen LogP contribution in [0.4, 0.5) is 0 Å². The van der Waals surface area contributed by atoms with Crippen LogP contribution in [-0.4, -0.2) is 37.6 Å². The minimum absolute atomic E-state index is 0.0518. The molecule has 0 radical (unpaired) electrons. The second-order valence-electron chi connectivity index (χ2n) is 3.11. The van der Waals surface area contributed by atoms with Crippen LogP contribution in [0.1, 0.15) is 16.6 Å². The van der Waals surface area contributed by atoms with Gasteiger partial charge in [-0.15, -0.1) is 11.3 Å². The van der Waals surface area contributed by atoms with Gasteiger partial charge in [0, 0.05) is 24.7 Å². The van der Waals surface area contributed by atoms with Crippen LogP contribution in [-0.2, 0) is 4.74 Å². The number of hydrogen-bond acceptors (Lipinski definition) is 3. The van der Waals surface area contributed by atoms with Gasteiger partial charge in [-0.05, 0) is 44.8 Å². The lowest BCUT2D eigenvalue weighted by Gasteiger charge is -2.19. The van der Waals surface area contributed by atoms with Crippen molar-refractivity contribution in [2.75, 3.05) is 26.8 Å². The minimum atomic E-state index is 0.0518. The highest BCUT2D eigenvalue weighted by atomic mass is 79.9. The van der Waals surface area contributed by atoms with Gasteiger partial charge in [0.1, 0.15) is 0 Å². The number of thiophene rings is 1. The normalized spacial score (nSPS) is 10.5. The summed E-state index contributed by atoms with van der Waals surface area (Å²) < 4.78 is 6.84. The van der Waals surface area contributed by atoms with Crippen molar-refractivity contribution in [3.63, 3.8) is 0 Å². The van der Waals surface area contributed by atoms with Crippen molar-refractivity contribution in [3.8, 4) is 0 Å². The first-order chi connectivity index (χ1) is 7.60. The Balaban J connectivity index is 2.74. The van der Waals surface area contributed by atoms with E-state index in [1.54, 1.807) is 12.0 Å². The molecule has 0 aliphatic heterocycles. The van der Waals surface area contributed by atoms with Crippen LogP contribution >= 0.6 is 43.2 Å².